The molecule has 8 rings (SSSR count). The van der Waals surface area contributed by atoms with Crippen molar-refractivity contribution in [1.29, 1.82) is 0 Å². The maximum absolute atomic E-state index is 12.6. The Labute approximate surface area is 128 Å². The van der Waals surface area contributed by atoms with Crippen molar-refractivity contribution < 1.29 is 9.59 Å². The Balaban J connectivity index is 1.83. The van der Waals surface area contributed by atoms with Gasteiger partial charge in [0.25, 0.3) is 0 Å². The molecule has 0 N–H and O–H groups in total. The van der Waals surface area contributed by atoms with Gasteiger partial charge in [-0.15, -0.1) is 0 Å². The SMILES string of the molecule is O=C1C[C@@]23c4ccccc4-c4ccccc4[C@]24CC(=O)C3C14. The summed E-state index contributed by atoms with van der Waals surface area (Å²) in [5.74, 6) is 0.494. The van der Waals surface area contributed by atoms with E-state index >= 15 is 0 Å². The van der Waals surface area contributed by atoms with Crippen LogP contribution < -0.4 is 0 Å². The zero-order valence-electron chi connectivity index (χ0n) is 12.0. The number of Topliss-reactive ketones (excluding diaryl/α,β-unsaturated/α-hetero) is 2. The molecule has 22 heavy (non-hydrogen) atoms. The molecule has 0 saturated heterocycles. The number of hydrogen-bond donors (Lipinski definition) is 0. The van der Waals surface area contributed by atoms with E-state index in [4.69, 9.17) is 0 Å². The fourth-order valence-electron chi connectivity index (χ4n) is 6.47. The Morgan fingerprint density at radius 2 is 1.09 bits per heavy atom. The number of fused-ring (bicyclic) bond motifs is 5. The molecule has 5 saturated carbocycles. The highest BCUT2D eigenvalue weighted by Gasteiger charge is 2.87. The Morgan fingerprint density at radius 1 is 0.682 bits per heavy atom. The van der Waals surface area contributed by atoms with Crippen LogP contribution in [0, 0.1) is 11.8 Å². The number of benzene rings is 2. The number of hydrogen-bond acceptors (Lipinski definition) is 2. The second-order valence-corrected chi connectivity index (χ2v) is 7.28. The van der Waals surface area contributed by atoms with Gasteiger partial charge in [0.2, 0.25) is 0 Å². The summed E-state index contributed by atoms with van der Waals surface area (Å²) in [6.07, 6.45) is 1.11. The number of rotatable bonds is 0. The van der Waals surface area contributed by atoms with Crippen molar-refractivity contribution in [2.75, 3.05) is 0 Å². The van der Waals surface area contributed by atoms with Crippen LogP contribution in [-0.4, -0.2) is 11.6 Å². The molecule has 0 aromatic heterocycles. The fraction of sp³-hybridized carbons (Fsp3) is 0.300. The molecule has 4 bridgehead atoms. The van der Waals surface area contributed by atoms with Crippen molar-refractivity contribution >= 4 is 11.6 Å². The Kier molecular flexibility index (Phi) is 1.60. The van der Waals surface area contributed by atoms with Crippen molar-refractivity contribution in [3.05, 3.63) is 59.7 Å². The lowest BCUT2D eigenvalue weighted by Gasteiger charge is -2.59. The van der Waals surface area contributed by atoms with Gasteiger partial charge in [0.15, 0.2) is 0 Å². The Bertz CT molecular complexity index is 836. The molecule has 2 unspecified atom stereocenters. The lowest BCUT2D eigenvalue weighted by molar-refractivity contribution is -0.128. The van der Waals surface area contributed by atoms with Crippen molar-refractivity contribution in [1.82, 2.24) is 0 Å². The van der Waals surface area contributed by atoms with Gasteiger partial charge in [-0.05, 0) is 22.3 Å². The van der Waals surface area contributed by atoms with Crippen molar-refractivity contribution in [2.24, 2.45) is 11.8 Å². The predicted molar refractivity (Wildman–Crippen MR) is 81.5 cm³/mol. The molecular weight excluding hydrogens is 272 g/mol. The van der Waals surface area contributed by atoms with Gasteiger partial charge in [-0.1, -0.05) is 48.5 Å². The van der Waals surface area contributed by atoms with Crippen LogP contribution in [0.25, 0.3) is 11.1 Å². The molecule has 6 aliphatic carbocycles. The summed E-state index contributed by atoms with van der Waals surface area (Å²) in [5.41, 5.74) is 4.45. The van der Waals surface area contributed by atoms with Gasteiger partial charge in [-0.25, -0.2) is 0 Å². The first-order chi connectivity index (χ1) is 10.7. The van der Waals surface area contributed by atoms with Crippen molar-refractivity contribution in [3.8, 4) is 11.1 Å². The van der Waals surface area contributed by atoms with E-state index in [0.29, 0.717) is 24.4 Å². The molecule has 2 aromatic carbocycles. The lowest BCUT2D eigenvalue weighted by atomic mass is 9.41. The third-order valence-corrected chi connectivity index (χ3v) is 6.90. The monoisotopic (exact) mass is 286 g/mol. The first-order valence-electron chi connectivity index (χ1n) is 7.97. The molecule has 2 aromatic rings. The van der Waals surface area contributed by atoms with Gasteiger partial charge in [0.1, 0.15) is 11.6 Å². The molecule has 2 spiro atoms. The van der Waals surface area contributed by atoms with Crippen LogP contribution in [0.15, 0.2) is 48.5 Å². The van der Waals surface area contributed by atoms with Gasteiger partial charge in [-0.3, -0.25) is 9.59 Å². The zero-order valence-corrected chi connectivity index (χ0v) is 12.0. The molecule has 0 aliphatic heterocycles. The molecule has 0 heterocycles. The van der Waals surface area contributed by atoms with E-state index in [2.05, 4.69) is 48.5 Å². The minimum atomic E-state index is -0.239. The van der Waals surface area contributed by atoms with Crippen LogP contribution in [0.4, 0.5) is 0 Å². The summed E-state index contributed by atoms with van der Waals surface area (Å²) < 4.78 is 0. The average molecular weight is 286 g/mol. The molecule has 5 fully saturated rings. The first kappa shape index (κ1) is 11.4. The van der Waals surface area contributed by atoms with E-state index in [1.165, 1.54) is 22.3 Å². The second-order valence-electron chi connectivity index (χ2n) is 7.28. The maximum atomic E-state index is 12.6. The highest BCUT2D eigenvalue weighted by atomic mass is 16.1. The van der Waals surface area contributed by atoms with Gasteiger partial charge in [0, 0.05) is 35.5 Å². The molecule has 0 amide bonds. The van der Waals surface area contributed by atoms with E-state index in [9.17, 15) is 9.59 Å². The summed E-state index contributed by atoms with van der Waals surface area (Å²) in [5, 5.41) is 0. The topological polar surface area (TPSA) is 34.1 Å². The molecule has 2 heteroatoms. The minimum absolute atomic E-state index is 0.0606. The van der Waals surface area contributed by atoms with Gasteiger partial charge in [-0.2, -0.15) is 0 Å². The third-order valence-electron chi connectivity index (χ3n) is 6.90. The largest absolute Gasteiger partial charge is 0.299 e. The Hall–Kier alpha value is -2.22. The molecule has 2 nitrogen and oxygen atoms in total. The predicted octanol–water partition coefficient (Wildman–Crippen LogP) is 3.03. The summed E-state index contributed by atoms with van der Waals surface area (Å²) in [4.78, 5) is 25.3. The second kappa shape index (κ2) is 3.10. The fourth-order valence-corrected chi connectivity index (χ4v) is 6.47. The van der Waals surface area contributed by atoms with Crippen LogP contribution in [0.3, 0.4) is 0 Å². The van der Waals surface area contributed by atoms with E-state index in [0.717, 1.165) is 0 Å². The van der Waals surface area contributed by atoms with E-state index in [1.807, 2.05) is 0 Å². The first-order valence-corrected chi connectivity index (χ1v) is 7.97. The molecule has 4 atom stereocenters. The number of ketones is 2. The van der Waals surface area contributed by atoms with E-state index < -0.39 is 0 Å². The van der Waals surface area contributed by atoms with Crippen LogP contribution in [0.2, 0.25) is 0 Å². The summed E-state index contributed by atoms with van der Waals surface area (Å²) in [6, 6.07) is 16.8. The molecule has 106 valence electrons. The minimum Gasteiger partial charge on any atom is -0.299 e. The standard InChI is InChI=1S/C20H14O2/c21-15-9-19-13-7-3-1-5-11(13)12-6-2-4-8-14(12)20(19)10-16(22)17(19)18(15)20/h1-8,17-18H,9-10H2/t17?,18?,19-,20-/m0/s1. The van der Waals surface area contributed by atoms with Crippen LogP contribution in [0.1, 0.15) is 24.0 Å². The smallest absolute Gasteiger partial charge is 0.138 e. The van der Waals surface area contributed by atoms with Crippen molar-refractivity contribution in [2.45, 2.75) is 23.7 Å². The van der Waals surface area contributed by atoms with Crippen LogP contribution >= 0.6 is 0 Å². The summed E-state index contributed by atoms with van der Waals surface area (Å²) >= 11 is 0. The number of carbonyl (C=O) groups excluding carboxylic acids is 2. The van der Waals surface area contributed by atoms with Gasteiger partial charge >= 0.3 is 0 Å². The van der Waals surface area contributed by atoms with Gasteiger partial charge in [0.05, 0.1) is 0 Å². The number of carbonyl (C=O) groups is 2. The van der Waals surface area contributed by atoms with E-state index in [1.54, 1.807) is 0 Å². The van der Waals surface area contributed by atoms with Crippen LogP contribution in [0.5, 0.6) is 0 Å². The van der Waals surface area contributed by atoms with Gasteiger partial charge < -0.3 is 0 Å². The van der Waals surface area contributed by atoms with Crippen molar-refractivity contribution in [3.63, 3.8) is 0 Å². The van der Waals surface area contributed by atoms with E-state index in [-0.39, 0.29) is 22.7 Å². The summed E-state index contributed by atoms with van der Waals surface area (Å²) in [6.45, 7) is 0. The highest BCUT2D eigenvalue weighted by Crippen LogP contribution is 2.82. The summed E-state index contributed by atoms with van der Waals surface area (Å²) in [7, 11) is 0. The quantitative estimate of drug-likeness (QED) is 0.746. The van der Waals surface area contributed by atoms with Crippen LogP contribution in [-0.2, 0) is 20.4 Å². The molecule has 6 aliphatic rings. The highest BCUT2D eigenvalue weighted by molar-refractivity contribution is 6.10. The normalized spacial score (nSPS) is 39.1. The molecular formula is C20H14O2. The zero-order chi connectivity index (χ0) is 14.7. The maximum Gasteiger partial charge on any atom is 0.138 e. The average Bonchev–Trinajstić information content (AvgIpc) is 3.18. The lowest BCUT2D eigenvalue weighted by Crippen LogP contribution is -2.62. The Morgan fingerprint density at radius 3 is 1.55 bits per heavy atom. The third kappa shape index (κ3) is 0.807. The molecule has 0 radical (unpaired) electrons.